The van der Waals surface area contributed by atoms with Crippen molar-refractivity contribution in [3.8, 4) is 0 Å². The van der Waals surface area contributed by atoms with Gasteiger partial charge in [-0.05, 0) is 25.1 Å². The molecule has 0 spiro atoms. The summed E-state index contributed by atoms with van der Waals surface area (Å²) < 4.78 is 0. The number of carboxylic acid groups (broad SMARTS) is 1. The smallest absolute Gasteiger partial charge is 0.323 e. The van der Waals surface area contributed by atoms with Crippen molar-refractivity contribution >= 4 is 22.9 Å². The van der Waals surface area contributed by atoms with E-state index in [1.807, 2.05) is 0 Å². The van der Waals surface area contributed by atoms with Crippen molar-refractivity contribution < 1.29 is 14.7 Å². The topological polar surface area (TPSA) is 83.4 Å². The van der Waals surface area contributed by atoms with E-state index in [1.54, 1.807) is 37.5 Å². The van der Waals surface area contributed by atoms with Crippen molar-refractivity contribution in [3.05, 3.63) is 36.2 Å². The Morgan fingerprint density at radius 1 is 1.21 bits per heavy atom. The molecule has 0 unspecified atom stereocenters. The Bertz CT molecular complexity index is 627. The number of fused-ring (bicyclic) bond motifs is 1. The molecule has 1 N–H and O–H groups in total. The van der Waals surface area contributed by atoms with Crippen LogP contribution in [0.1, 0.15) is 17.3 Å². The van der Waals surface area contributed by atoms with Crippen LogP contribution >= 0.6 is 0 Å². The lowest BCUT2D eigenvalue weighted by Gasteiger charge is -2.18. The molecular weight excluding hydrogens is 246 g/mol. The zero-order valence-electron chi connectivity index (χ0n) is 10.4. The minimum absolute atomic E-state index is 0.312. The lowest BCUT2D eigenvalue weighted by atomic mass is 10.1. The highest BCUT2D eigenvalue weighted by atomic mass is 16.4. The summed E-state index contributed by atoms with van der Waals surface area (Å²) in [7, 11) is 0. The van der Waals surface area contributed by atoms with Crippen molar-refractivity contribution in [3.63, 3.8) is 0 Å². The van der Waals surface area contributed by atoms with Gasteiger partial charge in [-0.25, -0.2) is 0 Å². The molecule has 1 aromatic heterocycles. The van der Waals surface area contributed by atoms with Crippen LogP contribution in [-0.4, -0.2) is 44.9 Å². The second-order valence-electron chi connectivity index (χ2n) is 3.97. The van der Waals surface area contributed by atoms with Crippen LogP contribution in [0.5, 0.6) is 0 Å². The first-order valence-electron chi connectivity index (χ1n) is 5.83. The first kappa shape index (κ1) is 12.9. The van der Waals surface area contributed by atoms with Crippen LogP contribution < -0.4 is 0 Å². The lowest BCUT2D eigenvalue weighted by molar-refractivity contribution is -0.137. The van der Waals surface area contributed by atoms with Crippen LogP contribution in [0.2, 0.25) is 0 Å². The first-order chi connectivity index (χ1) is 9.11. The highest BCUT2D eigenvalue weighted by molar-refractivity contribution is 5.98. The summed E-state index contributed by atoms with van der Waals surface area (Å²) in [6, 6.07) is 4.95. The molecule has 6 nitrogen and oxygen atoms in total. The van der Waals surface area contributed by atoms with E-state index in [-0.39, 0.29) is 12.5 Å². The Balaban J connectivity index is 2.32. The number of hydrogen-bond donors (Lipinski definition) is 1. The number of aliphatic carboxylic acids is 1. The number of carbonyl (C=O) groups excluding carboxylic acids is 1. The van der Waals surface area contributed by atoms with Gasteiger partial charge in [-0.2, -0.15) is 0 Å². The largest absolute Gasteiger partial charge is 0.480 e. The fourth-order valence-electron chi connectivity index (χ4n) is 1.77. The normalized spacial score (nSPS) is 10.4. The van der Waals surface area contributed by atoms with E-state index in [9.17, 15) is 9.59 Å². The van der Waals surface area contributed by atoms with E-state index < -0.39 is 5.97 Å². The third-order valence-electron chi connectivity index (χ3n) is 2.71. The van der Waals surface area contributed by atoms with E-state index in [1.165, 1.54) is 4.90 Å². The third kappa shape index (κ3) is 2.85. The fraction of sp³-hybridized carbons (Fsp3) is 0.231. The molecular formula is C13H13N3O3. The Morgan fingerprint density at radius 2 is 1.89 bits per heavy atom. The summed E-state index contributed by atoms with van der Waals surface area (Å²) >= 11 is 0. The van der Waals surface area contributed by atoms with E-state index in [0.717, 1.165) is 0 Å². The summed E-state index contributed by atoms with van der Waals surface area (Å²) in [5, 5.41) is 8.77. The van der Waals surface area contributed by atoms with Gasteiger partial charge in [0.05, 0.1) is 11.0 Å². The molecule has 2 rings (SSSR count). The number of benzene rings is 1. The van der Waals surface area contributed by atoms with Gasteiger partial charge in [0.2, 0.25) is 0 Å². The van der Waals surface area contributed by atoms with E-state index in [4.69, 9.17) is 5.11 Å². The maximum absolute atomic E-state index is 12.2. The standard InChI is InChI=1S/C13H13N3O3/c1-2-16(8-12(17)18)13(19)9-3-4-10-11(7-9)15-6-5-14-10/h3-7H,2,8H2,1H3,(H,17,18). The SMILES string of the molecule is CCN(CC(=O)O)C(=O)c1ccc2nccnc2c1. The van der Waals surface area contributed by atoms with Gasteiger partial charge in [0.15, 0.2) is 0 Å². The molecule has 0 aliphatic heterocycles. The van der Waals surface area contributed by atoms with Gasteiger partial charge in [0.1, 0.15) is 6.54 Å². The predicted octanol–water partition coefficient (Wildman–Crippen LogP) is 1.18. The number of rotatable bonds is 4. The molecule has 0 atom stereocenters. The van der Waals surface area contributed by atoms with Gasteiger partial charge < -0.3 is 10.0 Å². The molecule has 1 amide bonds. The molecule has 1 heterocycles. The minimum Gasteiger partial charge on any atom is -0.480 e. The zero-order chi connectivity index (χ0) is 13.8. The van der Waals surface area contributed by atoms with Crippen LogP contribution in [0, 0.1) is 0 Å². The van der Waals surface area contributed by atoms with Crippen LogP contribution in [0.15, 0.2) is 30.6 Å². The van der Waals surface area contributed by atoms with Crippen LogP contribution in [0.3, 0.4) is 0 Å². The monoisotopic (exact) mass is 259 g/mol. The minimum atomic E-state index is -1.03. The molecule has 0 fully saturated rings. The highest BCUT2D eigenvalue weighted by Gasteiger charge is 2.17. The predicted molar refractivity (Wildman–Crippen MR) is 68.8 cm³/mol. The molecule has 1 aromatic carbocycles. The second kappa shape index (κ2) is 5.43. The summed E-state index contributed by atoms with van der Waals surface area (Å²) in [6.07, 6.45) is 3.12. The van der Waals surface area contributed by atoms with Crippen molar-refractivity contribution in [2.24, 2.45) is 0 Å². The van der Waals surface area contributed by atoms with Gasteiger partial charge in [-0.1, -0.05) is 0 Å². The lowest BCUT2D eigenvalue weighted by Crippen LogP contribution is -2.35. The molecule has 0 radical (unpaired) electrons. The van der Waals surface area contributed by atoms with Crippen molar-refractivity contribution in [2.45, 2.75) is 6.92 Å². The van der Waals surface area contributed by atoms with Gasteiger partial charge in [0.25, 0.3) is 5.91 Å². The molecule has 6 heteroatoms. The molecule has 0 saturated heterocycles. The van der Waals surface area contributed by atoms with Gasteiger partial charge in [-0.3, -0.25) is 19.6 Å². The molecule has 0 bridgehead atoms. The fourth-order valence-corrected chi connectivity index (χ4v) is 1.77. The van der Waals surface area contributed by atoms with Crippen LogP contribution in [0.4, 0.5) is 0 Å². The Kier molecular flexibility index (Phi) is 3.70. The van der Waals surface area contributed by atoms with E-state index in [0.29, 0.717) is 23.1 Å². The molecule has 98 valence electrons. The van der Waals surface area contributed by atoms with Crippen molar-refractivity contribution in [2.75, 3.05) is 13.1 Å². The summed E-state index contributed by atoms with van der Waals surface area (Å²) in [5.74, 6) is -1.35. The molecule has 0 aliphatic carbocycles. The summed E-state index contributed by atoms with van der Waals surface area (Å²) in [4.78, 5) is 32.4. The molecule has 0 saturated carbocycles. The quantitative estimate of drug-likeness (QED) is 0.891. The second-order valence-corrected chi connectivity index (χ2v) is 3.97. The van der Waals surface area contributed by atoms with E-state index in [2.05, 4.69) is 9.97 Å². The number of nitrogens with zero attached hydrogens (tertiary/aromatic N) is 3. The van der Waals surface area contributed by atoms with Gasteiger partial charge in [0, 0.05) is 24.5 Å². The molecule has 19 heavy (non-hydrogen) atoms. The Hall–Kier alpha value is -2.50. The Labute approximate surface area is 109 Å². The van der Waals surface area contributed by atoms with Crippen LogP contribution in [-0.2, 0) is 4.79 Å². The van der Waals surface area contributed by atoms with E-state index >= 15 is 0 Å². The first-order valence-corrected chi connectivity index (χ1v) is 5.83. The average Bonchev–Trinajstić information content (AvgIpc) is 2.43. The number of hydrogen-bond acceptors (Lipinski definition) is 4. The van der Waals surface area contributed by atoms with Crippen LogP contribution in [0.25, 0.3) is 11.0 Å². The summed E-state index contributed by atoms with van der Waals surface area (Å²) in [6.45, 7) is 1.76. The maximum atomic E-state index is 12.2. The van der Waals surface area contributed by atoms with Gasteiger partial charge in [-0.15, -0.1) is 0 Å². The third-order valence-corrected chi connectivity index (χ3v) is 2.71. The zero-order valence-corrected chi connectivity index (χ0v) is 10.4. The average molecular weight is 259 g/mol. The number of aromatic nitrogens is 2. The number of carboxylic acids is 1. The van der Waals surface area contributed by atoms with Crippen molar-refractivity contribution in [1.29, 1.82) is 0 Å². The summed E-state index contributed by atoms with van der Waals surface area (Å²) in [5.41, 5.74) is 1.72. The number of likely N-dealkylation sites (N-methyl/N-ethyl adjacent to an activating group) is 1. The maximum Gasteiger partial charge on any atom is 0.323 e. The Morgan fingerprint density at radius 3 is 2.53 bits per heavy atom. The number of carbonyl (C=O) groups is 2. The van der Waals surface area contributed by atoms with Gasteiger partial charge >= 0.3 is 5.97 Å². The number of amides is 1. The highest BCUT2D eigenvalue weighted by Crippen LogP contribution is 2.12. The van der Waals surface area contributed by atoms with Crippen molar-refractivity contribution in [1.82, 2.24) is 14.9 Å². The molecule has 0 aliphatic rings. The molecule has 2 aromatic rings.